The average molecular weight is 267 g/mol. The van der Waals surface area contributed by atoms with Crippen LogP contribution >= 0.6 is 0 Å². The van der Waals surface area contributed by atoms with Crippen molar-refractivity contribution in [3.05, 3.63) is 60.2 Å². The summed E-state index contributed by atoms with van der Waals surface area (Å²) in [4.78, 5) is 0. The topological polar surface area (TPSA) is 30.5 Å². The molecule has 0 spiro atoms. The molecule has 1 aliphatic rings. The maximum atomic E-state index is 5.38. The molecule has 102 valence electrons. The van der Waals surface area contributed by atoms with E-state index >= 15 is 0 Å². The van der Waals surface area contributed by atoms with Crippen LogP contribution in [0.3, 0.4) is 0 Å². The number of rotatable bonds is 4. The normalized spacial score (nSPS) is 12.2. The van der Waals surface area contributed by atoms with Gasteiger partial charge in [-0.05, 0) is 30.2 Å². The second kappa shape index (κ2) is 5.29. The molecule has 2 aromatic rings. The smallest absolute Gasteiger partial charge is 0.231 e. The van der Waals surface area contributed by atoms with Gasteiger partial charge in [-0.2, -0.15) is 0 Å². The Balaban J connectivity index is 1.75. The quantitative estimate of drug-likeness (QED) is 0.906. The molecule has 1 N–H and O–H groups in total. The van der Waals surface area contributed by atoms with Gasteiger partial charge in [0.15, 0.2) is 11.5 Å². The van der Waals surface area contributed by atoms with Gasteiger partial charge >= 0.3 is 0 Å². The molecule has 0 saturated heterocycles. The molecule has 20 heavy (non-hydrogen) atoms. The SMILES string of the molecule is C=C(C)c1ccccc1CNc1ccc2c(c1)OCO2. The van der Waals surface area contributed by atoms with Crippen molar-refractivity contribution in [1.82, 2.24) is 0 Å². The Bertz CT molecular complexity index is 649. The molecule has 3 nitrogen and oxygen atoms in total. The molecule has 0 saturated carbocycles. The van der Waals surface area contributed by atoms with E-state index in [0.29, 0.717) is 6.79 Å². The molecule has 0 atom stereocenters. The highest BCUT2D eigenvalue weighted by Gasteiger charge is 2.13. The van der Waals surface area contributed by atoms with E-state index in [4.69, 9.17) is 9.47 Å². The summed E-state index contributed by atoms with van der Waals surface area (Å²) in [6, 6.07) is 14.2. The fourth-order valence-electron chi connectivity index (χ4n) is 2.29. The molecule has 0 radical (unpaired) electrons. The molecule has 0 bridgehead atoms. The Morgan fingerprint density at radius 1 is 1.15 bits per heavy atom. The Labute approximate surface area is 118 Å². The van der Waals surface area contributed by atoms with E-state index in [9.17, 15) is 0 Å². The van der Waals surface area contributed by atoms with Gasteiger partial charge in [0.25, 0.3) is 0 Å². The fraction of sp³-hybridized carbons (Fsp3) is 0.176. The molecule has 2 aromatic carbocycles. The van der Waals surface area contributed by atoms with Crippen LogP contribution in [0.4, 0.5) is 5.69 Å². The highest BCUT2D eigenvalue weighted by atomic mass is 16.7. The van der Waals surface area contributed by atoms with Crippen molar-refractivity contribution in [2.24, 2.45) is 0 Å². The van der Waals surface area contributed by atoms with Crippen molar-refractivity contribution >= 4 is 11.3 Å². The van der Waals surface area contributed by atoms with Crippen molar-refractivity contribution in [1.29, 1.82) is 0 Å². The van der Waals surface area contributed by atoms with Gasteiger partial charge in [0, 0.05) is 18.3 Å². The van der Waals surface area contributed by atoms with Gasteiger partial charge in [0.05, 0.1) is 0 Å². The van der Waals surface area contributed by atoms with Gasteiger partial charge in [-0.25, -0.2) is 0 Å². The minimum absolute atomic E-state index is 0.303. The summed E-state index contributed by atoms with van der Waals surface area (Å²) in [6.45, 7) is 7.11. The molecule has 1 aliphatic heterocycles. The molecule has 1 heterocycles. The Morgan fingerprint density at radius 3 is 2.80 bits per heavy atom. The maximum Gasteiger partial charge on any atom is 0.231 e. The first-order valence-electron chi connectivity index (χ1n) is 6.61. The minimum atomic E-state index is 0.303. The minimum Gasteiger partial charge on any atom is -0.454 e. The zero-order valence-corrected chi connectivity index (χ0v) is 11.5. The standard InChI is InChI=1S/C17H17NO2/c1-12(2)15-6-4-3-5-13(15)10-18-14-7-8-16-17(9-14)20-11-19-16/h3-9,18H,1,10-11H2,2H3. The van der Waals surface area contributed by atoms with Crippen LogP contribution in [0.1, 0.15) is 18.1 Å². The summed E-state index contributed by atoms with van der Waals surface area (Å²) >= 11 is 0. The van der Waals surface area contributed by atoms with E-state index in [1.165, 1.54) is 11.1 Å². The third kappa shape index (κ3) is 2.48. The van der Waals surface area contributed by atoms with Gasteiger partial charge in [-0.15, -0.1) is 0 Å². The summed E-state index contributed by atoms with van der Waals surface area (Å²) in [6.07, 6.45) is 0. The molecule has 3 heteroatoms. The van der Waals surface area contributed by atoms with Crippen molar-refractivity contribution in [2.75, 3.05) is 12.1 Å². The molecule has 0 fully saturated rings. The monoisotopic (exact) mass is 267 g/mol. The Kier molecular flexibility index (Phi) is 3.33. The Hall–Kier alpha value is -2.42. The number of nitrogens with one attached hydrogen (secondary N) is 1. The van der Waals surface area contributed by atoms with Crippen molar-refractivity contribution in [3.63, 3.8) is 0 Å². The van der Waals surface area contributed by atoms with Crippen LogP contribution in [-0.4, -0.2) is 6.79 Å². The Morgan fingerprint density at radius 2 is 1.95 bits per heavy atom. The fourth-order valence-corrected chi connectivity index (χ4v) is 2.29. The van der Waals surface area contributed by atoms with Crippen LogP contribution in [0.15, 0.2) is 49.0 Å². The zero-order chi connectivity index (χ0) is 13.9. The van der Waals surface area contributed by atoms with E-state index in [-0.39, 0.29) is 0 Å². The van der Waals surface area contributed by atoms with E-state index < -0.39 is 0 Å². The highest BCUT2D eigenvalue weighted by molar-refractivity contribution is 5.65. The molecule has 0 unspecified atom stereocenters. The zero-order valence-electron chi connectivity index (χ0n) is 11.5. The predicted molar refractivity (Wildman–Crippen MR) is 81.0 cm³/mol. The van der Waals surface area contributed by atoms with Crippen LogP contribution < -0.4 is 14.8 Å². The lowest BCUT2D eigenvalue weighted by Gasteiger charge is -2.11. The van der Waals surface area contributed by atoms with E-state index in [2.05, 4.69) is 24.0 Å². The molecule has 0 aromatic heterocycles. The largest absolute Gasteiger partial charge is 0.454 e. The first-order chi connectivity index (χ1) is 9.74. The number of allylic oxidation sites excluding steroid dienone is 1. The van der Waals surface area contributed by atoms with E-state index in [0.717, 1.165) is 29.3 Å². The van der Waals surface area contributed by atoms with Crippen molar-refractivity contribution < 1.29 is 9.47 Å². The lowest BCUT2D eigenvalue weighted by Crippen LogP contribution is -2.02. The van der Waals surface area contributed by atoms with Crippen molar-refractivity contribution in [3.8, 4) is 11.5 Å². The average Bonchev–Trinajstić information content (AvgIpc) is 2.92. The van der Waals surface area contributed by atoms with E-state index in [1.807, 2.05) is 37.3 Å². The maximum absolute atomic E-state index is 5.38. The third-order valence-electron chi connectivity index (χ3n) is 3.33. The molecule has 0 amide bonds. The van der Waals surface area contributed by atoms with Gasteiger partial charge < -0.3 is 14.8 Å². The van der Waals surface area contributed by atoms with Crippen LogP contribution in [-0.2, 0) is 6.54 Å². The van der Waals surface area contributed by atoms with Gasteiger partial charge in [0.1, 0.15) is 0 Å². The van der Waals surface area contributed by atoms with Gasteiger partial charge in [-0.1, -0.05) is 36.4 Å². The van der Waals surface area contributed by atoms with Crippen LogP contribution in [0.5, 0.6) is 11.5 Å². The number of anilines is 1. The van der Waals surface area contributed by atoms with Crippen molar-refractivity contribution in [2.45, 2.75) is 13.5 Å². The molecule has 3 rings (SSSR count). The number of fused-ring (bicyclic) bond motifs is 1. The summed E-state index contributed by atoms with van der Waals surface area (Å²) in [5.41, 5.74) is 4.53. The van der Waals surface area contributed by atoms with Gasteiger partial charge in [0.2, 0.25) is 6.79 Å². The number of benzene rings is 2. The number of ether oxygens (including phenoxy) is 2. The summed E-state index contributed by atoms with van der Waals surface area (Å²) in [7, 11) is 0. The lowest BCUT2D eigenvalue weighted by atomic mass is 10.0. The summed E-state index contributed by atoms with van der Waals surface area (Å²) in [5, 5.41) is 3.41. The van der Waals surface area contributed by atoms with Gasteiger partial charge in [-0.3, -0.25) is 0 Å². The highest BCUT2D eigenvalue weighted by Crippen LogP contribution is 2.34. The molecule has 0 aliphatic carbocycles. The van der Waals surface area contributed by atoms with Crippen LogP contribution in [0.25, 0.3) is 5.57 Å². The molecular formula is C17H17NO2. The third-order valence-corrected chi connectivity index (χ3v) is 3.33. The molecular weight excluding hydrogens is 250 g/mol. The predicted octanol–water partition coefficient (Wildman–Crippen LogP) is 4.06. The summed E-state index contributed by atoms with van der Waals surface area (Å²) in [5.74, 6) is 1.60. The second-order valence-corrected chi connectivity index (χ2v) is 4.86. The van der Waals surface area contributed by atoms with Crippen LogP contribution in [0.2, 0.25) is 0 Å². The summed E-state index contributed by atoms with van der Waals surface area (Å²) < 4.78 is 10.7. The lowest BCUT2D eigenvalue weighted by molar-refractivity contribution is 0.174. The second-order valence-electron chi connectivity index (χ2n) is 4.86. The van der Waals surface area contributed by atoms with Crippen LogP contribution in [0, 0.1) is 0 Å². The number of hydrogen-bond acceptors (Lipinski definition) is 3. The first-order valence-corrected chi connectivity index (χ1v) is 6.61. The van der Waals surface area contributed by atoms with E-state index in [1.54, 1.807) is 0 Å². The first kappa shape index (κ1) is 12.6. The number of hydrogen-bond donors (Lipinski definition) is 1.